The van der Waals surface area contributed by atoms with Gasteiger partial charge in [0.05, 0.1) is 28.5 Å². The van der Waals surface area contributed by atoms with E-state index in [1.807, 2.05) is 36.4 Å². The fourth-order valence-electron chi connectivity index (χ4n) is 4.21. The number of carbonyl (C=O) groups excluding carboxylic acids is 1. The van der Waals surface area contributed by atoms with E-state index in [4.69, 9.17) is 16.6 Å². The summed E-state index contributed by atoms with van der Waals surface area (Å²) in [6.07, 6.45) is 4.66. The Morgan fingerprint density at radius 2 is 2.00 bits per heavy atom. The SMILES string of the molecule is C=CC(=O)Nc1cccc(-c2c(Cl)ccc3cnc(Nc4ccc(NC5CN(CCF)C5)nc4)nc23)c1. The largest absolute Gasteiger partial charge is 0.365 e. The number of fused-ring (bicyclic) bond motifs is 1. The number of nitrogens with zero attached hydrogens (tertiary/aromatic N) is 4. The van der Waals surface area contributed by atoms with Gasteiger partial charge in [-0.1, -0.05) is 30.3 Å². The van der Waals surface area contributed by atoms with Crippen LogP contribution in [-0.4, -0.2) is 58.1 Å². The second-order valence-corrected chi connectivity index (χ2v) is 9.08. The van der Waals surface area contributed by atoms with Crippen LogP contribution in [0.15, 0.2) is 73.6 Å². The molecular weight excluding hydrogens is 493 g/mol. The Labute approximate surface area is 218 Å². The second-order valence-electron chi connectivity index (χ2n) is 8.67. The van der Waals surface area contributed by atoms with Crippen molar-refractivity contribution in [3.05, 3.63) is 78.6 Å². The molecule has 188 valence electrons. The number of benzene rings is 2. The molecule has 0 unspecified atom stereocenters. The predicted octanol–water partition coefficient (Wildman–Crippen LogP) is 5.28. The molecule has 0 bridgehead atoms. The number of anilines is 4. The minimum absolute atomic E-state index is 0.272. The fourth-order valence-corrected chi connectivity index (χ4v) is 4.47. The summed E-state index contributed by atoms with van der Waals surface area (Å²) in [5.41, 5.74) is 3.57. The maximum atomic E-state index is 12.4. The molecule has 5 rings (SSSR count). The third-order valence-corrected chi connectivity index (χ3v) is 6.35. The minimum atomic E-state index is -0.323. The molecule has 0 atom stereocenters. The van der Waals surface area contributed by atoms with Crippen molar-refractivity contribution >= 4 is 51.6 Å². The maximum Gasteiger partial charge on any atom is 0.247 e. The maximum absolute atomic E-state index is 12.4. The Morgan fingerprint density at radius 1 is 1.14 bits per heavy atom. The number of alkyl halides is 1. The lowest BCUT2D eigenvalue weighted by molar-refractivity contribution is -0.111. The number of aromatic nitrogens is 3. The van der Waals surface area contributed by atoms with Crippen LogP contribution in [0.1, 0.15) is 0 Å². The first-order valence-corrected chi connectivity index (χ1v) is 12.2. The van der Waals surface area contributed by atoms with E-state index in [1.54, 1.807) is 24.5 Å². The van der Waals surface area contributed by atoms with Crippen LogP contribution in [0.2, 0.25) is 5.02 Å². The van der Waals surface area contributed by atoms with Gasteiger partial charge in [-0.2, -0.15) is 0 Å². The number of carbonyl (C=O) groups is 1. The van der Waals surface area contributed by atoms with E-state index in [9.17, 15) is 9.18 Å². The average Bonchev–Trinajstić information content (AvgIpc) is 2.88. The van der Waals surface area contributed by atoms with Crippen molar-refractivity contribution < 1.29 is 9.18 Å². The molecule has 3 heterocycles. The lowest BCUT2D eigenvalue weighted by Gasteiger charge is -2.39. The normalized spacial score (nSPS) is 13.7. The van der Waals surface area contributed by atoms with Crippen molar-refractivity contribution in [2.24, 2.45) is 0 Å². The van der Waals surface area contributed by atoms with Gasteiger partial charge in [0.2, 0.25) is 11.9 Å². The summed E-state index contributed by atoms with van der Waals surface area (Å²) < 4.78 is 12.4. The summed E-state index contributed by atoms with van der Waals surface area (Å²) >= 11 is 6.61. The van der Waals surface area contributed by atoms with E-state index in [2.05, 4.69) is 37.4 Å². The fraction of sp³-hybridized carbons (Fsp3) is 0.185. The van der Waals surface area contributed by atoms with Gasteiger partial charge in [-0.25, -0.2) is 19.3 Å². The van der Waals surface area contributed by atoms with Crippen LogP contribution >= 0.6 is 11.6 Å². The highest BCUT2D eigenvalue weighted by atomic mass is 35.5. The Balaban J connectivity index is 1.36. The van der Waals surface area contributed by atoms with Gasteiger partial charge in [-0.3, -0.25) is 9.69 Å². The highest BCUT2D eigenvalue weighted by Gasteiger charge is 2.26. The summed E-state index contributed by atoms with van der Waals surface area (Å²) in [6.45, 7) is 5.27. The molecule has 0 spiro atoms. The predicted molar refractivity (Wildman–Crippen MR) is 146 cm³/mol. The van der Waals surface area contributed by atoms with Crippen LogP contribution in [0.25, 0.3) is 22.0 Å². The van der Waals surface area contributed by atoms with Crippen LogP contribution in [0.3, 0.4) is 0 Å². The lowest BCUT2D eigenvalue weighted by atomic mass is 10.0. The van der Waals surface area contributed by atoms with E-state index < -0.39 is 0 Å². The smallest absolute Gasteiger partial charge is 0.247 e. The van der Waals surface area contributed by atoms with Gasteiger partial charge in [0.25, 0.3) is 0 Å². The molecule has 1 fully saturated rings. The molecule has 0 radical (unpaired) electrons. The van der Waals surface area contributed by atoms with Crippen molar-refractivity contribution in [3.63, 3.8) is 0 Å². The van der Waals surface area contributed by atoms with Crippen molar-refractivity contribution in [1.82, 2.24) is 19.9 Å². The van der Waals surface area contributed by atoms with Crippen molar-refractivity contribution in [3.8, 4) is 11.1 Å². The quantitative estimate of drug-likeness (QED) is 0.260. The van der Waals surface area contributed by atoms with Crippen molar-refractivity contribution in [2.45, 2.75) is 6.04 Å². The molecule has 4 aromatic rings. The zero-order valence-electron chi connectivity index (χ0n) is 19.9. The van der Waals surface area contributed by atoms with Crippen LogP contribution in [-0.2, 0) is 4.79 Å². The van der Waals surface area contributed by atoms with Crippen molar-refractivity contribution in [1.29, 1.82) is 0 Å². The molecule has 10 heteroatoms. The monoisotopic (exact) mass is 517 g/mol. The molecule has 1 saturated heterocycles. The number of hydrogen-bond donors (Lipinski definition) is 3. The zero-order valence-corrected chi connectivity index (χ0v) is 20.7. The van der Waals surface area contributed by atoms with E-state index in [0.717, 1.165) is 41.1 Å². The van der Waals surface area contributed by atoms with Gasteiger partial charge >= 0.3 is 0 Å². The van der Waals surface area contributed by atoms with Gasteiger partial charge in [-0.05, 0) is 48.0 Å². The van der Waals surface area contributed by atoms with Crippen LogP contribution in [0, 0.1) is 0 Å². The Bertz CT molecular complexity index is 1440. The summed E-state index contributed by atoms with van der Waals surface area (Å²) in [4.78, 5) is 27.5. The zero-order chi connectivity index (χ0) is 25.8. The molecular formula is C27H25ClFN7O. The molecule has 37 heavy (non-hydrogen) atoms. The first kappa shape index (κ1) is 24.6. The highest BCUT2D eigenvalue weighted by molar-refractivity contribution is 6.35. The third kappa shape index (κ3) is 5.68. The van der Waals surface area contributed by atoms with Crippen LogP contribution < -0.4 is 16.0 Å². The van der Waals surface area contributed by atoms with Gasteiger partial charge in [0.1, 0.15) is 12.5 Å². The molecule has 2 aromatic carbocycles. The van der Waals surface area contributed by atoms with Crippen LogP contribution in [0.5, 0.6) is 0 Å². The molecule has 1 aliphatic rings. The molecule has 8 nitrogen and oxygen atoms in total. The average molecular weight is 518 g/mol. The van der Waals surface area contributed by atoms with Gasteiger partial charge < -0.3 is 16.0 Å². The topological polar surface area (TPSA) is 95.1 Å². The Hall–Kier alpha value is -4.08. The van der Waals surface area contributed by atoms with Crippen molar-refractivity contribution in [2.75, 3.05) is 42.3 Å². The highest BCUT2D eigenvalue weighted by Crippen LogP contribution is 2.35. The number of amides is 1. The van der Waals surface area contributed by atoms with Crippen LogP contribution in [0.4, 0.5) is 27.5 Å². The minimum Gasteiger partial charge on any atom is -0.365 e. The summed E-state index contributed by atoms with van der Waals surface area (Å²) in [5, 5.41) is 10.7. The van der Waals surface area contributed by atoms with E-state index in [-0.39, 0.29) is 18.6 Å². The summed E-state index contributed by atoms with van der Waals surface area (Å²) in [6, 6.07) is 15.1. The van der Waals surface area contributed by atoms with Gasteiger partial charge in [0.15, 0.2) is 0 Å². The van der Waals surface area contributed by atoms with E-state index in [1.165, 1.54) is 6.08 Å². The lowest BCUT2D eigenvalue weighted by Crippen LogP contribution is -2.55. The second kappa shape index (κ2) is 10.9. The number of pyridine rings is 1. The Kier molecular flexibility index (Phi) is 7.25. The first-order chi connectivity index (χ1) is 18.0. The molecule has 0 saturated carbocycles. The van der Waals surface area contributed by atoms with Gasteiger partial charge in [-0.15, -0.1) is 0 Å². The molecule has 3 N–H and O–H groups in total. The molecule has 1 amide bonds. The first-order valence-electron chi connectivity index (χ1n) is 11.8. The summed E-state index contributed by atoms with van der Waals surface area (Å²) in [5.74, 6) is 0.860. The number of hydrogen-bond acceptors (Lipinski definition) is 7. The third-order valence-electron chi connectivity index (χ3n) is 6.04. The van der Waals surface area contributed by atoms with E-state index in [0.29, 0.717) is 28.7 Å². The van der Waals surface area contributed by atoms with Gasteiger partial charge in [0, 0.05) is 42.5 Å². The Morgan fingerprint density at radius 3 is 2.76 bits per heavy atom. The number of likely N-dealkylation sites (tertiary alicyclic amines) is 1. The molecule has 1 aliphatic heterocycles. The number of nitrogens with one attached hydrogen (secondary N) is 3. The molecule has 0 aliphatic carbocycles. The number of rotatable bonds is 9. The summed E-state index contributed by atoms with van der Waals surface area (Å²) in [7, 11) is 0. The molecule has 2 aromatic heterocycles. The standard InChI is InChI=1S/C27H25ClFN7O/c1-2-24(37)33-19-5-3-4-17(12-19)25-22(28)8-6-18-13-31-27(35-26(18)25)34-20-7-9-23(30-14-20)32-21-15-36(16-21)11-10-29/h2-9,12-14,21H,1,10-11,15-16H2,(H,30,32)(H,33,37)(H,31,34,35). The number of halogens is 2. The van der Waals surface area contributed by atoms with E-state index >= 15 is 0 Å².